The molecule has 1 amide bonds. The molecule has 0 saturated carbocycles. The fraction of sp³-hybridized carbons (Fsp3) is 0.833. The van der Waals surface area contributed by atoms with Gasteiger partial charge in [0.05, 0.1) is 13.2 Å². The summed E-state index contributed by atoms with van der Waals surface area (Å²) in [6.45, 7) is 4.58. The molecule has 0 aliphatic rings. The molecule has 0 unspecified atom stereocenters. The van der Waals surface area contributed by atoms with Crippen molar-refractivity contribution in [3.05, 3.63) is 0 Å². The third kappa shape index (κ3) is 5.37. The molecule has 10 heavy (non-hydrogen) atoms. The van der Waals surface area contributed by atoms with E-state index in [1.807, 2.05) is 6.92 Å². The molecule has 1 N–H and O–H groups in total. The Morgan fingerprint density at radius 3 is 2.70 bits per heavy atom. The molecule has 60 valence electrons. The van der Waals surface area contributed by atoms with Crippen molar-refractivity contribution in [3.63, 3.8) is 0 Å². The molecular weight excluding hydrogens is 134 g/mol. The highest BCUT2D eigenvalue weighted by molar-refractivity contribution is 5.65. The Morgan fingerprint density at radius 1 is 1.50 bits per heavy atom. The van der Waals surface area contributed by atoms with Gasteiger partial charge in [0, 0.05) is 0 Å². The molecule has 0 aromatic rings. The normalized spacial score (nSPS) is 9.00. The number of ether oxygens (including phenoxy) is 1. The molecule has 4 heteroatoms. The first kappa shape index (κ1) is 9.23. The van der Waals surface area contributed by atoms with Crippen LogP contribution in [0.5, 0.6) is 0 Å². The average molecular weight is 147 g/mol. The maximum Gasteiger partial charge on any atom is 0.431 e. The molecular formula is C6H13NO3. The molecule has 0 fully saturated rings. The zero-order valence-electron chi connectivity index (χ0n) is 6.35. The summed E-state index contributed by atoms with van der Waals surface area (Å²) in [5, 5.41) is 0. The highest BCUT2D eigenvalue weighted by Crippen LogP contribution is 1.81. The van der Waals surface area contributed by atoms with Gasteiger partial charge in [0.15, 0.2) is 0 Å². The lowest BCUT2D eigenvalue weighted by molar-refractivity contribution is 0.0345. The van der Waals surface area contributed by atoms with Crippen molar-refractivity contribution < 1.29 is 14.4 Å². The van der Waals surface area contributed by atoms with Crippen molar-refractivity contribution in [1.82, 2.24) is 5.48 Å². The smallest absolute Gasteiger partial charge is 0.431 e. The van der Waals surface area contributed by atoms with Crippen LogP contribution in [0.4, 0.5) is 4.79 Å². The first-order valence-corrected chi connectivity index (χ1v) is 3.35. The van der Waals surface area contributed by atoms with Gasteiger partial charge in [0.1, 0.15) is 0 Å². The standard InChI is InChI=1S/C6H13NO3/c1-3-5-9-6(8)7-10-4-2/h3-5H2,1-2H3,(H,7,8). The molecule has 0 spiro atoms. The van der Waals surface area contributed by atoms with E-state index in [0.717, 1.165) is 6.42 Å². The monoisotopic (exact) mass is 147 g/mol. The topological polar surface area (TPSA) is 47.6 Å². The Hall–Kier alpha value is -0.770. The van der Waals surface area contributed by atoms with Crippen LogP contribution >= 0.6 is 0 Å². The zero-order chi connectivity index (χ0) is 7.82. The lowest BCUT2D eigenvalue weighted by Crippen LogP contribution is -2.24. The molecule has 0 heterocycles. The average Bonchev–Trinajstić information content (AvgIpc) is 1.97. The number of hydrogen-bond acceptors (Lipinski definition) is 3. The van der Waals surface area contributed by atoms with E-state index in [0.29, 0.717) is 13.2 Å². The summed E-state index contributed by atoms with van der Waals surface area (Å²) in [5.74, 6) is 0. The lowest BCUT2D eigenvalue weighted by atomic mass is 10.5. The van der Waals surface area contributed by atoms with Crippen LogP contribution in [0.15, 0.2) is 0 Å². The van der Waals surface area contributed by atoms with Crippen LogP contribution in [-0.4, -0.2) is 19.3 Å². The predicted molar refractivity (Wildman–Crippen MR) is 36.4 cm³/mol. The lowest BCUT2D eigenvalue weighted by Gasteiger charge is -2.03. The Labute approximate surface area is 60.5 Å². The fourth-order valence-corrected chi connectivity index (χ4v) is 0.355. The Balaban J connectivity index is 3.09. The van der Waals surface area contributed by atoms with Crippen molar-refractivity contribution in [2.45, 2.75) is 20.3 Å². The maximum atomic E-state index is 10.5. The summed E-state index contributed by atoms with van der Waals surface area (Å²) < 4.78 is 4.62. The molecule has 0 aliphatic carbocycles. The minimum absolute atomic E-state index is 0.429. The molecule has 4 nitrogen and oxygen atoms in total. The third-order valence-corrected chi connectivity index (χ3v) is 0.737. The van der Waals surface area contributed by atoms with Crippen molar-refractivity contribution >= 4 is 6.09 Å². The molecule has 0 aromatic carbocycles. The Kier molecular flexibility index (Phi) is 5.86. The highest BCUT2D eigenvalue weighted by Gasteiger charge is 1.97. The number of hydroxylamine groups is 1. The summed E-state index contributed by atoms with van der Waals surface area (Å²) in [6.07, 6.45) is 0.295. The van der Waals surface area contributed by atoms with Crippen molar-refractivity contribution in [3.8, 4) is 0 Å². The van der Waals surface area contributed by atoms with Crippen molar-refractivity contribution in [1.29, 1.82) is 0 Å². The van der Waals surface area contributed by atoms with Gasteiger partial charge in [0.25, 0.3) is 0 Å². The maximum absolute atomic E-state index is 10.5. The summed E-state index contributed by atoms with van der Waals surface area (Å²) in [7, 11) is 0. The van der Waals surface area contributed by atoms with Crippen LogP contribution in [0.25, 0.3) is 0 Å². The van der Waals surface area contributed by atoms with Gasteiger partial charge in [-0.05, 0) is 13.3 Å². The molecule has 0 atom stereocenters. The van der Waals surface area contributed by atoms with E-state index < -0.39 is 6.09 Å². The van der Waals surface area contributed by atoms with E-state index in [4.69, 9.17) is 0 Å². The third-order valence-electron chi connectivity index (χ3n) is 0.737. The second-order valence-corrected chi connectivity index (χ2v) is 1.67. The van der Waals surface area contributed by atoms with Crippen LogP contribution in [0, 0.1) is 0 Å². The van der Waals surface area contributed by atoms with Gasteiger partial charge in [-0.15, -0.1) is 0 Å². The van der Waals surface area contributed by atoms with Crippen LogP contribution < -0.4 is 5.48 Å². The van der Waals surface area contributed by atoms with Crippen LogP contribution in [0.2, 0.25) is 0 Å². The summed E-state index contributed by atoms with van der Waals surface area (Å²) >= 11 is 0. The molecule has 0 saturated heterocycles. The van der Waals surface area contributed by atoms with Gasteiger partial charge in [-0.1, -0.05) is 6.92 Å². The minimum atomic E-state index is -0.524. The molecule has 0 bridgehead atoms. The first-order chi connectivity index (χ1) is 4.81. The SMILES string of the molecule is CCCOC(=O)NOCC. The molecule has 0 aromatic heterocycles. The number of carbonyl (C=O) groups is 1. The van der Waals surface area contributed by atoms with E-state index in [1.165, 1.54) is 0 Å². The summed E-state index contributed by atoms with van der Waals surface area (Å²) in [5.41, 5.74) is 2.11. The number of carbonyl (C=O) groups excluding carboxylic acids is 1. The zero-order valence-corrected chi connectivity index (χ0v) is 6.35. The van der Waals surface area contributed by atoms with E-state index in [9.17, 15) is 4.79 Å². The van der Waals surface area contributed by atoms with Crippen LogP contribution in [-0.2, 0) is 9.57 Å². The van der Waals surface area contributed by atoms with Gasteiger partial charge in [-0.3, -0.25) is 4.84 Å². The summed E-state index contributed by atoms with van der Waals surface area (Å²) in [6, 6.07) is 0. The Bertz CT molecular complexity index is 85.0. The summed E-state index contributed by atoms with van der Waals surface area (Å²) in [4.78, 5) is 15.1. The van der Waals surface area contributed by atoms with Crippen molar-refractivity contribution in [2.24, 2.45) is 0 Å². The van der Waals surface area contributed by atoms with E-state index >= 15 is 0 Å². The van der Waals surface area contributed by atoms with Gasteiger partial charge >= 0.3 is 6.09 Å². The largest absolute Gasteiger partial charge is 0.448 e. The van der Waals surface area contributed by atoms with Crippen molar-refractivity contribution in [2.75, 3.05) is 13.2 Å². The predicted octanol–water partition coefficient (Wildman–Crippen LogP) is 1.07. The van der Waals surface area contributed by atoms with E-state index in [1.54, 1.807) is 6.92 Å². The number of rotatable bonds is 4. The van der Waals surface area contributed by atoms with E-state index in [2.05, 4.69) is 15.1 Å². The first-order valence-electron chi connectivity index (χ1n) is 3.35. The number of hydrogen-bond donors (Lipinski definition) is 1. The van der Waals surface area contributed by atoms with E-state index in [-0.39, 0.29) is 0 Å². The van der Waals surface area contributed by atoms with Gasteiger partial charge < -0.3 is 4.74 Å². The molecule has 0 rings (SSSR count). The van der Waals surface area contributed by atoms with Crippen LogP contribution in [0.1, 0.15) is 20.3 Å². The fourth-order valence-electron chi connectivity index (χ4n) is 0.355. The minimum Gasteiger partial charge on any atom is -0.448 e. The quantitative estimate of drug-likeness (QED) is 0.605. The Morgan fingerprint density at radius 2 is 2.20 bits per heavy atom. The second-order valence-electron chi connectivity index (χ2n) is 1.67. The molecule has 0 aliphatic heterocycles. The van der Waals surface area contributed by atoms with Gasteiger partial charge in [0.2, 0.25) is 0 Å². The van der Waals surface area contributed by atoms with Gasteiger partial charge in [-0.25, -0.2) is 4.79 Å². The number of amides is 1. The second kappa shape index (κ2) is 6.35. The number of nitrogens with one attached hydrogen (secondary N) is 1. The van der Waals surface area contributed by atoms with Crippen LogP contribution in [0.3, 0.4) is 0 Å². The van der Waals surface area contributed by atoms with Gasteiger partial charge in [-0.2, -0.15) is 5.48 Å². The highest BCUT2D eigenvalue weighted by atomic mass is 16.7. The molecule has 0 radical (unpaired) electrons.